The van der Waals surface area contributed by atoms with Gasteiger partial charge in [0, 0.05) is 29.1 Å². The number of pyridine rings is 1. The van der Waals surface area contributed by atoms with Crippen LogP contribution in [0, 0.1) is 5.92 Å². The SMILES string of the molecule is CCOc1ccc2[nH]c(=O)c(CN(C3CCCC3)[C@@H](c3nnnn3C3CCCC3)C(C)C)cc2c1. The van der Waals surface area contributed by atoms with Crippen molar-refractivity contribution in [3.63, 3.8) is 0 Å². The molecule has 1 aromatic carbocycles. The van der Waals surface area contributed by atoms with Crippen molar-refractivity contribution >= 4 is 10.9 Å². The molecule has 3 aromatic rings. The van der Waals surface area contributed by atoms with E-state index in [1.807, 2.05) is 31.2 Å². The van der Waals surface area contributed by atoms with E-state index in [0.717, 1.165) is 53.7 Å². The van der Waals surface area contributed by atoms with Gasteiger partial charge in [0.15, 0.2) is 5.82 Å². The summed E-state index contributed by atoms with van der Waals surface area (Å²) in [4.78, 5) is 18.8. The lowest BCUT2D eigenvalue weighted by Gasteiger charge is -2.38. The standard InChI is InChI=1S/C27H38N6O2/c1-4-35-23-13-14-24-19(16-23)15-20(27(34)28-24)17-32(21-9-5-6-10-21)25(18(2)3)26-29-30-31-33(26)22-11-7-8-12-22/h13-16,18,21-22,25H,4-12,17H2,1-3H3,(H,28,34)/t25-/m1/s1. The largest absolute Gasteiger partial charge is 0.494 e. The molecule has 0 spiro atoms. The van der Waals surface area contributed by atoms with Crippen molar-refractivity contribution in [1.82, 2.24) is 30.1 Å². The molecule has 1 atom stereocenters. The third-order valence-corrected chi connectivity index (χ3v) is 7.79. The van der Waals surface area contributed by atoms with E-state index in [-0.39, 0.29) is 11.6 Å². The van der Waals surface area contributed by atoms with E-state index in [1.165, 1.54) is 25.7 Å². The number of ether oxygens (including phenoxy) is 1. The number of nitrogens with one attached hydrogen (secondary N) is 1. The molecule has 2 heterocycles. The van der Waals surface area contributed by atoms with E-state index in [0.29, 0.717) is 31.2 Å². The third-order valence-electron chi connectivity index (χ3n) is 7.79. The molecule has 0 bridgehead atoms. The Morgan fingerprint density at radius 2 is 1.86 bits per heavy atom. The highest BCUT2D eigenvalue weighted by Gasteiger charge is 2.36. The Morgan fingerprint density at radius 1 is 1.11 bits per heavy atom. The van der Waals surface area contributed by atoms with Crippen molar-refractivity contribution in [3.05, 3.63) is 46.0 Å². The average molecular weight is 479 g/mol. The highest BCUT2D eigenvalue weighted by atomic mass is 16.5. The summed E-state index contributed by atoms with van der Waals surface area (Å²) in [6.45, 7) is 7.67. The van der Waals surface area contributed by atoms with Gasteiger partial charge in [-0.2, -0.15) is 0 Å². The van der Waals surface area contributed by atoms with Crippen molar-refractivity contribution in [2.24, 2.45) is 5.92 Å². The van der Waals surface area contributed by atoms with Gasteiger partial charge >= 0.3 is 0 Å². The van der Waals surface area contributed by atoms with Gasteiger partial charge < -0.3 is 9.72 Å². The summed E-state index contributed by atoms with van der Waals surface area (Å²) in [5.74, 6) is 2.09. The van der Waals surface area contributed by atoms with E-state index in [4.69, 9.17) is 4.74 Å². The minimum atomic E-state index is -0.0254. The zero-order chi connectivity index (χ0) is 24.4. The van der Waals surface area contributed by atoms with E-state index < -0.39 is 0 Å². The normalized spacial score (nSPS) is 18.3. The Labute approximate surface area is 207 Å². The Kier molecular flexibility index (Phi) is 7.18. The number of hydrogen-bond donors (Lipinski definition) is 1. The van der Waals surface area contributed by atoms with Gasteiger partial charge in [-0.1, -0.05) is 39.5 Å². The van der Waals surface area contributed by atoms with Crippen molar-refractivity contribution in [1.29, 1.82) is 0 Å². The van der Waals surface area contributed by atoms with Crippen LogP contribution in [-0.2, 0) is 6.54 Å². The molecule has 2 saturated carbocycles. The molecule has 2 aliphatic rings. The summed E-state index contributed by atoms with van der Waals surface area (Å²) in [5.41, 5.74) is 1.59. The first-order valence-electron chi connectivity index (χ1n) is 13.4. The number of aromatic nitrogens is 5. The molecule has 8 nitrogen and oxygen atoms in total. The summed E-state index contributed by atoms with van der Waals surface area (Å²) in [5, 5.41) is 14.1. The second-order valence-electron chi connectivity index (χ2n) is 10.5. The molecule has 8 heteroatoms. The maximum atomic E-state index is 13.2. The van der Waals surface area contributed by atoms with Gasteiger partial charge in [-0.3, -0.25) is 9.69 Å². The molecule has 0 saturated heterocycles. The summed E-state index contributed by atoms with van der Waals surface area (Å²) in [7, 11) is 0. The number of fused-ring (bicyclic) bond motifs is 1. The number of tetrazole rings is 1. The highest BCUT2D eigenvalue weighted by molar-refractivity contribution is 5.80. The molecule has 188 valence electrons. The molecular weight excluding hydrogens is 440 g/mol. The van der Waals surface area contributed by atoms with E-state index in [2.05, 4.69) is 43.9 Å². The van der Waals surface area contributed by atoms with Gasteiger partial charge in [0.1, 0.15) is 5.75 Å². The second-order valence-corrected chi connectivity index (χ2v) is 10.5. The fraction of sp³-hybridized carbons (Fsp3) is 0.630. The smallest absolute Gasteiger partial charge is 0.252 e. The summed E-state index contributed by atoms with van der Waals surface area (Å²) >= 11 is 0. The molecule has 0 radical (unpaired) electrons. The predicted octanol–water partition coefficient (Wildman–Crippen LogP) is 5.17. The number of hydrogen-bond acceptors (Lipinski definition) is 6. The molecule has 5 rings (SSSR count). The minimum absolute atomic E-state index is 0.0254. The Balaban J connectivity index is 1.53. The first-order chi connectivity index (χ1) is 17.0. The van der Waals surface area contributed by atoms with Crippen LogP contribution in [0.2, 0.25) is 0 Å². The number of aromatic amines is 1. The molecule has 2 fully saturated rings. The highest BCUT2D eigenvalue weighted by Crippen LogP contribution is 2.38. The maximum Gasteiger partial charge on any atom is 0.252 e. The van der Waals surface area contributed by atoms with Crippen LogP contribution in [0.5, 0.6) is 5.75 Å². The molecule has 1 N–H and O–H groups in total. The molecule has 0 aliphatic heterocycles. The monoisotopic (exact) mass is 478 g/mol. The lowest BCUT2D eigenvalue weighted by Crippen LogP contribution is -2.41. The molecule has 35 heavy (non-hydrogen) atoms. The lowest BCUT2D eigenvalue weighted by atomic mass is 9.97. The molecule has 0 amide bonds. The molecule has 2 aromatic heterocycles. The van der Waals surface area contributed by atoms with E-state index in [9.17, 15) is 4.79 Å². The number of rotatable bonds is 9. The van der Waals surface area contributed by atoms with Crippen LogP contribution < -0.4 is 10.3 Å². The minimum Gasteiger partial charge on any atom is -0.494 e. The third kappa shape index (κ3) is 4.99. The van der Waals surface area contributed by atoms with E-state index in [1.54, 1.807) is 0 Å². The Hall–Kier alpha value is -2.74. The summed E-state index contributed by atoms with van der Waals surface area (Å²) in [6, 6.07) is 8.73. The van der Waals surface area contributed by atoms with Crippen LogP contribution in [0.3, 0.4) is 0 Å². The number of benzene rings is 1. The maximum absolute atomic E-state index is 13.2. The average Bonchev–Trinajstić information content (AvgIpc) is 3.61. The Morgan fingerprint density at radius 3 is 2.57 bits per heavy atom. The zero-order valence-electron chi connectivity index (χ0n) is 21.2. The first kappa shape index (κ1) is 24.0. The van der Waals surface area contributed by atoms with Crippen molar-refractivity contribution in [2.75, 3.05) is 6.61 Å². The quantitative estimate of drug-likeness (QED) is 0.456. The van der Waals surface area contributed by atoms with E-state index >= 15 is 0 Å². The topological polar surface area (TPSA) is 88.9 Å². The van der Waals surface area contributed by atoms with Gasteiger partial charge in [0.2, 0.25) is 0 Å². The fourth-order valence-electron chi connectivity index (χ4n) is 6.12. The van der Waals surface area contributed by atoms with Gasteiger partial charge in [-0.25, -0.2) is 4.68 Å². The fourth-order valence-corrected chi connectivity index (χ4v) is 6.12. The number of H-pyrrole nitrogens is 1. The van der Waals surface area contributed by atoms with Crippen LogP contribution in [0.15, 0.2) is 29.1 Å². The van der Waals surface area contributed by atoms with Gasteiger partial charge in [0.25, 0.3) is 5.56 Å². The Bertz CT molecular complexity index is 1190. The molecular formula is C27H38N6O2. The molecule has 0 unspecified atom stereocenters. The van der Waals surface area contributed by atoms with Gasteiger partial charge in [-0.05, 0) is 73.2 Å². The zero-order valence-corrected chi connectivity index (χ0v) is 21.2. The van der Waals surface area contributed by atoms with Crippen LogP contribution in [0.1, 0.15) is 95.6 Å². The molecule has 2 aliphatic carbocycles. The van der Waals surface area contributed by atoms with Gasteiger partial charge in [0.05, 0.1) is 18.7 Å². The van der Waals surface area contributed by atoms with Crippen molar-refractivity contribution in [3.8, 4) is 5.75 Å². The van der Waals surface area contributed by atoms with Crippen molar-refractivity contribution in [2.45, 2.75) is 96.8 Å². The summed E-state index contributed by atoms with van der Waals surface area (Å²) < 4.78 is 7.80. The van der Waals surface area contributed by atoms with Crippen LogP contribution in [-0.4, -0.2) is 42.7 Å². The van der Waals surface area contributed by atoms with Crippen LogP contribution in [0.4, 0.5) is 0 Å². The lowest BCUT2D eigenvalue weighted by molar-refractivity contribution is 0.0826. The second kappa shape index (κ2) is 10.5. The first-order valence-corrected chi connectivity index (χ1v) is 13.4. The van der Waals surface area contributed by atoms with Crippen LogP contribution >= 0.6 is 0 Å². The predicted molar refractivity (Wildman–Crippen MR) is 136 cm³/mol. The van der Waals surface area contributed by atoms with Crippen molar-refractivity contribution < 1.29 is 4.74 Å². The van der Waals surface area contributed by atoms with Gasteiger partial charge in [-0.15, -0.1) is 5.10 Å². The summed E-state index contributed by atoms with van der Waals surface area (Å²) in [6.07, 6.45) is 9.49. The van der Waals surface area contributed by atoms with Crippen LogP contribution in [0.25, 0.3) is 10.9 Å². The number of nitrogens with zero attached hydrogens (tertiary/aromatic N) is 5.